The summed E-state index contributed by atoms with van der Waals surface area (Å²) in [6.45, 7) is 2.95. The van der Waals surface area contributed by atoms with Crippen LogP contribution in [0.15, 0.2) is 18.3 Å². The Morgan fingerprint density at radius 3 is 2.82 bits per heavy atom. The number of methoxy groups -OCH3 is 1. The predicted molar refractivity (Wildman–Crippen MR) is 103 cm³/mol. The van der Waals surface area contributed by atoms with Gasteiger partial charge in [-0.1, -0.05) is 6.92 Å². The molecule has 1 amide bonds. The molecule has 1 heterocycles. The van der Waals surface area contributed by atoms with E-state index in [0.29, 0.717) is 24.4 Å². The van der Waals surface area contributed by atoms with Crippen LogP contribution < -0.4 is 10.6 Å². The molecule has 1 aliphatic carbocycles. The van der Waals surface area contributed by atoms with Crippen molar-refractivity contribution >= 4 is 17.7 Å². The smallest absolute Gasteiger partial charge is 0.307 e. The Morgan fingerprint density at radius 2 is 2.18 bits per heavy atom. The zero-order chi connectivity index (χ0) is 20.4. The Kier molecular flexibility index (Phi) is 8.69. The van der Waals surface area contributed by atoms with Gasteiger partial charge in [0, 0.05) is 25.3 Å². The van der Waals surface area contributed by atoms with Gasteiger partial charge in [0.15, 0.2) is 0 Å². The molecule has 0 aliphatic heterocycles. The predicted octanol–water partition coefficient (Wildman–Crippen LogP) is 2.01. The third-order valence-electron chi connectivity index (χ3n) is 4.78. The molecule has 8 nitrogen and oxygen atoms in total. The van der Waals surface area contributed by atoms with Crippen molar-refractivity contribution in [1.82, 2.24) is 10.3 Å². The normalized spacial score (nSPS) is 21.4. The zero-order valence-electron chi connectivity index (χ0n) is 16.4. The van der Waals surface area contributed by atoms with Crippen molar-refractivity contribution in [3.05, 3.63) is 23.9 Å². The van der Waals surface area contributed by atoms with Crippen molar-refractivity contribution in [2.75, 3.05) is 25.6 Å². The van der Waals surface area contributed by atoms with Crippen LogP contribution in [0, 0.1) is 17.2 Å². The zero-order valence-corrected chi connectivity index (χ0v) is 16.4. The minimum atomic E-state index is -0.340. The van der Waals surface area contributed by atoms with Crippen LogP contribution >= 0.6 is 0 Å². The van der Waals surface area contributed by atoms with Crippen LogP contribution in [0.4, 0.5) is 5.82 Å². The molecule has 0 unspecified atom stereocenters. The van der Waals surface area contributed by atoms with Crippen LogP contribution in [0.3, 0.4) is 0 Å². The molecule has 28 heavy (non-hydrogen) atoms. The van der Waals surface area contributed by atoms with Crippen molar-refractivity contribution in [3.8, 4) is 6.07 Å². The van der Waals surface area contributed by atoms with Crippen LogP contribution in [0.25, 0.3) is 0 Å². The fourth-order valence-electron chi connectivity index (χ4n) is 3.26. The second kappa shape index (κ2) is 11.2. The van der Waals surface area contributed by atoms with Gasteiger partial charge in [-0.05, 0) is 37.8 Å². The number of aromatic nitrogens is 1. The number of nitrogens with one attached hydrogen (secondary N) is 2. The summed E-state index contributed by atoms with van der Waals surface area (Å²) in [5, 5.41) is 15.1. The van der Waals surface area contributed by atoms with E-state index in [1.54, 1.807) is 12.1 Å². The van der Waals surface area contributed by atoms with Gasteiger partial charge in [0.2, 0.25) is 5.91 Å². The lowest BCUT2D eigenvalue weighted by Gasteiger charge is -2.36. The number of pyridine rings is 1. The van der Waals surface area contributed by atoms with Gasteiger partial charge in [0.1, 0.15) is 11.9 Å². The molecular weight excluding hydrogens is 360 g/mol. The van der Waals surface area contributed by atoms with Gasteiger partial charge < -0.3 is 20.1 Å². The monoisotopic (exact) mass is 388 g/mol. The van der Waals surface area contributed by atoms with Gasteiger partial charge in [0.25, 0.3) is 0 Å². The molecule has 8 heteroatoms. The van der Waals surface area contributed by atoms with Crippen LogP contribution in [-0.4, -0.2) is 49.3 Å². The maximum atomic E-state index is 12.4. The van der Waals surface area contributed by atoms with Crippen LogP contribution in [0.5, 0.6) is 0 Å². The largest absolute Gasteiger partial charge is 0.469 e. The molecule has 152 valence electrons. The van der Waals surface area contributed by atoms with Crippen molar-refractivity contribution in [2.24, 2.45) is 5.92 Å². The highest BCUT2D eigenvalue weighted by atomic mass is 16.5. The fraction of sp³-hybridized carbons (Fsp3) is 0.600. The fourth-order valence-corrected chi connectivity index (χ4v) is 3.26. The number of nitrogens with zero attached hydrogens (tertiary/aromatic N) is 2. The number of ether oxygens (including phenoxy) is 2. The third-order valence-corrected chi connectivity index (χ3v) is 4.78. The van der Waals surface area contributed by atoms with E-state index in [9.17, 15) is 9.59 Å². The van der Waals surface area contributed by atoms with Crippen LogP contribution in [-0.2, 0) is 19.1 Å². The van der Waals surface area contributed by atoms with Crippen molar-refractivity contribution < 1.29 is 19.1 Å². The summed E-state index contributed by atoms with van der Waals surface area (Å²) in [6, 6.07) is 5.60. The first-order valence-corrected chi connectivity index (χ1v) is 9.66. The molecule has 0 spiro atoms. The summed E-state index contributed by atoms with van der Waals surface area (Å²) in [5.74, 6) is 0.151. The highest BCUT2D eigenvalue weighted by molar-refractivity contribution is 5.79. The molecule has 1 aromatic rings. The van der Waals surface area contributed by atoms with Gasteiger partial charge in [-0.3, -0.25) is 9.59 Å². The maximum Gasteiger partial charge on any atom is 0.307 e. The summed E-state index contributed by atoms with van der Waals surface area (Å²) in [6.07, 6.45) is 4.59. The van der Waals surface area contributed by atoms with Crippen molar-refractivity contribution in [3.63, 3.8) is 0 Å². The number of carbonyl (C=O) groups excluding carboxylic acids is 2. The van der Waals surface area contributed by atoms with Gasteiger partial charge >= 0.3 is 5.97 Å². The molecule has 1 aliphatic rings. The second-order valence-electron chi connectivity index (χ2n) is 6.83. The van der Waals surface area contributed by atoms with E-state index >= 15 is 0 Å². The SMILES string of the molecule is CCCO[C@@H]1C[C@@H](C(=O)NCCC(=O)OC)CC[C@H]1Nc1ccc(C#N)cn1. The standard InChI is InChI=1S/C20H28N4O4/c1-3-10-28-17-11-15(20(26)22-9-8-19(25)27-2)5-6-16(17)24-18-7-4-14(12-21)13-23-18/h4,7,13,15-17H,3,5-6,8-11H2,1-2H3,(H,22,26)(H,23,24)/t15-,16+,17+/m0/s1. The topological polar surface area (TPSA) is 113 Å². The molecule has 2 rings (SSSR count). The summed E-state index contributed by atoms with van der Waals surface area (Å²) in [5.41, 5.74) is 0.511. The molecule has 1 aromatic heterocycles. The number of anilines is 1. The van der Waals surface area contributed by atoms with E-state index in [4.69, 9.17) is 10.00 Å². The average Bonchev–Trinajstić information content (AvgIpc) is 2.73. The van der Waals surface area contributed by atoms with E-state index in [2.05, 4.69) is 26.4 Å². The Hall–Kier alpha value is -2.66. The van der Waals surface area contributed by atoms with Gasteiger partial charge in [-0.15, -0.1) is 0 Å². The van der Waals surface area contributed by atoms with E-state index < -0.39 is 0 Å². The van der Waals surface area contributed by atoms with E-state index in [-0.39, 0.29) is 42.9 Å². The van der Waals surface area contributed by atoms with E-state index in [0.717, 1.165) is 19.3 Å². The lowest BCUT2D eigenvalue weighted by atomic mass is 9.83. The molecular formula is C20H28N4O4. The first-order valence-electron chi connectivity index (χ1n) is 9.66. The van der Waals surface area contributed by atoms with Gasteiger partial charge in [-0.25, -0.2) is 4.98 Å². The Labute approximate surface area is 165 Å². The molecule has 0 aromatic carbocycles. The van der Waals surface area contributed by atoms with E-state index in [1.165, 1.54) is 13.3 Å². The molecule has 0 bridgehead atoms. The first-order chi connectivity index (χ1) is 13.6. The summed E-state index contributed by atoms with van der Waals surface area (Å²) in [4.78, 5) is 27.9. The summed E-state index contributed by atoms with van der Waals surface area (Å²) >= 11 is 0. The number of esters is 1. The Morgan fingerprint density at radius 1 is 1.36 bits per heavy atom. The average molecular weight is 388 g/mol. The third kappa shape index (κ3) is 6.50. The maximum absolute atomic E-state index is 12.4. The van der Waals surface area contributed by atoms with Crippen LogP contribution in [0.1, 0.15) is 44.6 Å². The first kappa shape index (κ1) is 21.6. The second-order valence-corrected chi connectivity index (χ2v) is 6.83. The van der Waals surface area contributed by atoms with Gasteiger partial charge in [-0.2, -0.15) is 5.26 Å². The minimum absolute atomic E-state index is 0.0473. The minimum Gasteiger partial charge on any atom is -0.469 e. The Balaban J connectivity index is 1.92. The number of carbonyl (C=O) groups is 2. The van der Waals surface area contributed by atoms with Crippen molar-refractivity contribution in [1.29, 1.82) is 5.26 Å². The van der Waals surface area contributed by atoms with Gasteiger partial charge in [0.05, 0.1) is 31.2 Å². The number of rotatable bonds is 9. The van der Waals surface area contributed by atoms with Crippen LogP contribution in [0.2, 0.25) is 0 Å². The number of amides is 1. The van der Waals surface area contributed by atoms with Crippen molar-refractivity contribution in [2.45, 2.75) is 51.2 Å². The lowest BCUT2D eigenvalue weighted by Crippen LogP contribution is -2.45. The van der Waals surface area contributed by atoms with E-state index in [1.807, 2.05) is 6.92 Å². The highest BCUT2D eigenvalue weighted by Gasteiger charge is 2.34. The summed E-state index contributed by atoms with van der Waals surface area (Å²) < 4.78 is 10.6. The number of hydrogen-bond acceptors (Lipinski definition) is 7. The quantitative estimate of drug-likeness (QED) is 0.622. The molecule has 1 fully saturated rings. The molecule has 2 N–H and O–H groups in total. The molecule has 1 saturated carbocycles. The number of nitriles is 1. The molecule has 3 atom stereocenters. The number of hydrogen-bond donors (Lipinski definition) is 2. The Bertz CT molecular complexity index is 686. The highest BCUT2D eigenvalue weighted by Crippen LogP contribution is 2.29. The summed E-state index contributed by atoms with van der Waals surface area (Å²) in [7, 11) is 1.33. The molecule has 0 radical (unpaired) electrons. The molecule has 0 saturated heterocycles. The lowest BCUT2D eigenvalue weighted by molar-refractivity contribution is -0.140.